The third-order valence-electron chi connectivity index (χ3n) is 5.48. The number of aryl methyl sites for hydroxylation is 1. The zero-order valence-electron chi connectivity index (χ0n) is 13.9. The summed E-state index contributed by atoms with van der Waals surface area (Å²) in [6.07, 6.45) is 4.39. The lowest BCUT2D eigenvalue weighted by molar-refractivity contribution is -0.127. The van der Waals surface area contributed by atoms with Crippen molar-refractivity contribution in [1.29, 1.82) is 0 Å². The molecule has 1 spiro atoms. The van der Waals surface area contributed by atoms with E-state index in [1.54, 1.807) is 7.05 Å². The Kier molecular flexibility index (Phi) is 4.28. The SMILES string of the molecule is CNC(=O)C1CN(C(=O)Nc2ccccc2C)CC12CCCC2. The smallest absolute Gasteiger partial charge is 0.321 e. The predicted molar refractivity (Wildman–Crippen MR) is 90.2 cm³/mol. The van der Waals surface area contributed by atoms with Gasteiger partial charge in [-0.1, -0.05) is 31.0 Å². The highest BCUT2D eigenvalue weighted by Crippen LogP contribution is 2.49. The van der Waals surface area contributed by atoms with E-state index in [4.69, 9.17) is 0 Å². The lowest BCUT2D eigenvalue weighted by Gasteiger charge is -2.28. The first-order valence-electron chi connectivity index (χ1n) is 8.39. The van der Waals surface area contributed by atoms with Crippen molar-refractivity contribution in [3.63, 3.8) is 0 Å². The number of likely N-dealkylation sites (tertiary alicyclic amines) is 1. The molecule has 5 heteroatoms. The van der Waals surface area contributed by atoms with Gasteiger partial charge in [0.25, 0.3) is 0 Å². The van der Waals surface area contributed by atoms with Crippen LogP contribution in [0.4, 0.5) is 10.5 Å². The Morgan fingerprint density at radius 3 is 2.57 bits per heavy atom. The molecule has 2 aliphatic rings. The van der Waals surface area contributed by atoms with Gasteiger partial charge in [0, 0.05) is 31.2 Å². The molecule has 1 aliphatic heterocycles. The summed E-state index contributed by atoms with van der Waals surface area (Å²) in [4.78, 5) is 26.8. The van der Waals surface area contributed by atoms with Gasteiger partial charge in [0.15, 0.2) is 0 Å². The lowest BCUT2D eigenvalue weighted by atomic mass is 9.76. The Bertz CT molecular complexity index is 608. The summed E-state index contributed by atoms with van der Waals surface area (Å²) in [5, 5.41) is 5.77. The summed E-state index contributed by atoms with van der Waals surface area (Å²) in [5.74, 6) is -0.0179. The number of urea groups is 1. The zero-order chi connectivity index (χ0) is 16.4. The molecule has 1 aromatic carbocycles. The number of hydrogen-bond acceptors (Lipinski definition) is 2. The van der Waals surface area contributed by atoms with Crippen LogP contribution in [-0.2, 0) is 4.79 Å². The molecule has 124 valence electrons. The molecule has 1 saturated carbocycles. The second-order valence-corrected chi connectivity index (χ2v) is 6.86. The molecule has 1 unspecified atom stereocenters. The standard InChI is InChI=1S/C18H25N3O2/c1-13-7-3-4-8-15(13)20-17(23)21-11-14(16(22)19-2)18(12-21)9-5-6-10-18/h3-4,7-8,14H,5-6,9-12H2,1-2H3,(H,19,22)(H,20,23). The Morgan fingerprint density at radius 1 is 1.22 bits per heavy atom. The minimum Gasteiger partial charge on any atom is -0.359 e. The van der Waals surface area contributed by atoms with Crippen molar-refractivity contribution in [1.82, 2.24) is 10.2 Å². The Labute approximate surface area is 137 Å². The summed E-state index contributed by atoms with van der Waals surface area (Å²) in [7, 11) is 1.68. The van der Waals surface area contributed by atoms with E-state index in [-0.39, 0.29) is 23.3 Å². The molecule has 5 nitrogen and oxygen atoms in total. The van der Waals surface area contributed by atoms with E-state index in [2.05, 4.69) is 10.6 Å². The monoisotopic (exact) mass is 315 g/mol. The number of anilines is 1. The summed E-state index contributed by atoms with van der Waals surface area (Å²) in [6.45, 7) is 3.17. The number of amides is 3. The van der Waals surface area contributed by atoms with Crippen LogP contribution in [0.25, 0.3) is 0 Å². The van der Waals surface area contributed by atoms with Crippen LogP contribution in [0.1, 0.15) is 31.2 Å². The summed E-state index contributed by atoms with van der Waals surface area (Å²) >= 11 is 0. The maximum atomic E-state index is 12.6. The maximum absolute atomic E-state index is 12.6. The first kappa shape index (κ1) is 15.8. The third-order valence-corrected chi connectivity index (χ3v) is 5.48. The normalized spacial score (nSPS) is 22.3. The van der Waals surface area contributed by atoms with Crippen LogP contribution in [-0.4, -0.2) is 37.0 Å². The van der Waals surface area contributed by atoms with Crippen LogP contribution in [0.5, 0.6) is 0 Å². The highest BCUT2D eigenvalue weighted by atomic mass is 16.2. The highest BCUT2D eigenvalue weighted by Gasteiger charge is 2.52. The van der Waals surface area contributed by atoms with Crippen molar-refractivity contribution in [2.75, 3.05) is 25.5 Å². The zero-order valence-corrected chi connectivity index (χ0v) is 13.9. The number of nitrogens with one attached hydrogen (secondary N) is 2. The van der Waals surface area contributed by atoms with Gasteiger partial charge in [0.1, 0.15) is 0 Å². The maximum Gasteiger partial charge on any atom is 0.321 e. The van der Waals surface area contributed by atoms with Gasteiger partial charge in [0.2, 0.25) is 5.91 Å². The fraction of sp³-hybridized carbons (Fsp3) is 0.556. The molecular formula is C18H25N3O2. The summed E-state index contributed by atoms with van der Waals surface area (Å²) < 4.78 is 0. The first-order chi connectivity index (χ1) is 11.1. The molecule has 1 aliphatic carbocycles. The van der Waals surface area contributed by atoms with Gasteiger partial charge in [-0.25, -0.2) is 4.79 Å². The second kappa shape index (κ2) is 6.22. The van der Waals surface area contributed by atoms with Gasteiger partial charge in [-0.3, -0.25) is 4.79 Å². The Morgan fingerprint density at radius 2 is 1.91 bits per heavy atom. The second-order valence-electron chi connectivity index (χ2n) is 6.86. The van der Waals surface area contributed by atoms with E-state index in [0.29, 0.717) is 13.1 Å². The fourth-order valence-electron chi connectivity index (χ4n) is 4.15. The van der Waals surface area contributed by atoms with E-state index in [1.807, 2.05) is 36.1 Å². The number of carbonyl (C=O) groups excluding carboxylic acids is 2. The van der Waals surface area contributed by atoms with Gasteiger partial charge in [0.05, 0.1) is 5.92 Å². The number of carbonyl (C=O) groups is 2. The number of rotatable bonds is 2. The van der Waals surface area contributed by atoms with Gasteiger partial charge < -0.3 is 15.5 Å². The molecule has 1 aromatic rings. The Balaban J connectivity index is 1.75. The minimum absolute atomic E-state index is 0.0246. The molecule has 3 rings (SSSR count). The predicted octanol–water partition coefficient (Wildman–Crippen LogP) is 2.77. The van der Waals surface area contributed by atoms with Crippen LogP contribution in [0.15, 0.2) is 24.3 Å². The number of hydrogen-bond donors (Lipinski definition) is 2. The van der Waals surface area contributed by atoms with Crippen molar-refractivity contribution in [2.45, 2.75) is 32.6 Å². The molecule has 2 fully saturated rings. The van der Waals surface area contributed by atoms with Crippen molar-refractivity contribution in [3.8, 4) is 0 Å². The van der Waals surface area contributed by atoms with E-state index in [1.165, 1.54) is 0 Å². The van der Waals surface area contributed by atoms with E-state index in [9.17, 15) is 9.59 Å². The minimum atomic E-state index is -0.100. The van der Waals surface area contributed by atoms with Crippen molar-refractivity contribution in [3.05, 3.63) is 29.8 Å². The number of benzene rings is 1. The van der Waals surface area contributed by atoms with Crippen LogP contribution in [0, 0.1) is 18.3 Å². The fourth-order valence-corrected chi connectivity index (χ4v) is 4.15. The molecular weight excluding hydrogens is 290 g/mol. The third kappa shape index (κ3) is 2.92. The molecule has 1 saturated heterocycles. The van der Waals surface area contributed by atoms with Crippen molar-refractivity contribution >= 4 is 17.6 Å². The van der Waals surface area contributed by atoms with Crippen LogP contribution < -0.4 is 10.6 Å². The molecule has 23 heavy (non-hydrogen) atoms. The van der Waals surface area contributed by atoms with Crippen molar-refractivity contribution in [2.24, 2.45) is 11.3 Å². The van der Waals surface area contributed by atoms with Gasteiger partial charge in [-0.15, -0.1) is 0 Å². The Hall–Kier alpha value is -2.04. The average Bonchev–Trinajstić information content (AvgIpc) is 3.17. The largest absolute Gasteiger partial charge is 0.359 e. The van der Waals surface area contributed by atoms with E-state index >= 15 is 0 Å². The van der Waals surface area contributed by atoms with Gasteiger partial charge >= 0.3 is 6.03 Å². The number of para-hydroxylation sites is 1. The van der Waals surface area contributed by atoms with Crippen LogP contribution in [0.3, 0.4) is 0 Å². The average molecular weight is 315 g/mol. The number of nitrogens with zero attached hydrogens (tertiary/aromatic N) is 1. The molecule has 0 bridgehead atoms. The highest BCUT2D eigenvalue weighted by molar-refractivity contribution is 5.91. The van der Waals surface area contributed by atoms with Gasteiger partial charge in [-0.2, -0.15) is 0 Å². The molecule has 2 N–H and O–H groups in total. The molecule has 1 atom stereocenters. The molecule has 0 radical (unpaired) electrons. The van der Waals surface area contributed by atoms with Crippen LogP contribution >= 0.6 is 0 Å². The first-order valence-corrected chi connectivity index (χ1v) is 8.39. The molecule has 0 aromatic heterocycles. The van der Waals surface area contributed by atoms with Gasteiger partial charge in [-0.05, 0) is 31.4 Å². The summed E-state index contributed by atoms with van der Waals surface area (Å²) in [5.41, 5.74) is 1.85. The topological polar surface area (TPSA) is 61.4 Å². The molecule has 3 amide bonds. The van der Waals surface area contributed by atoms with Crippen molar-refractivity contribution < 1.29 is 9.59 Å². The lowest BCUT2D eigenvalue weighted by Crippen LogP contribution is -2.38. The summed E-state index contributed by atoms with van der Waals surface area (Å²) in [6, 6.07) is 7.65. The molecule has 1 heterocycles. The van der Waals surface area contributed by atoms with E-state index in [0.717, 1.165) is 36.9 Å². The quantitative estimate of drug-likeness (QED) is 0.881. The van der Waals surface area contributed by atoms with Crippen LogP contribution in [0.2, 0.25) is 0 Å². The van der Waals surface area contributed by atoms with E-state index < -0.39 is 0 Å².